The lowest BCUT2D eigenvalue weighted by molar-refractivity contribution is -0.149. The van der Waals surface area contributed by atoms with Crippen molar-refractivity contribution in [1.82, 2.24) is 14.8 Å². The summed E-state index contributed by atoms with van der Waals surface area (Å²) >= 11 is 0. The molecule has 5 nitrogen and oxygen atoms in total. The van der Waals surface area contributed by atoms with Crippen molar-refractivity contribution in [2.75, 3.05) is 26.2 Å². The van der Waals surface area contributed by atoms with E-state index in [0.29, 0.717) is 13.1 Å². The van der Waals surface area contributed by atoms with E-state index in [4.69, 9.17) is 0 Å². The Balaban J connectivity index is 1.90. The van der Waals surface area contributed by atoms with E-state index < -0.39 is 0 Å². The summed E-state index contributed by atoms with van der Waals surface area (Å²) in [4.78, 5) is 30.7. The summed E-state index contributed by atoms with van der Waals surface area (Å²) < 4.78 is 0. The van der Waals surface area contributed by atoms with Crippen molar-refractivity contribution in [1.29, 1.82) is 0 Å². The molecule has 0 aliphatic carbocycles. The number of rotatable bonds is 4. The van der Waals surface area contributed by atoms with Crippen LogP contribution in [0.3, 0.4) is 0 Å². The molecule has 1 aromatic rings. The van der Waals surface area contributed by atoms with Gasteiger partial charge in [0.1, 0.15) is 0 Å². The van der Waals surface area contributed by atoms with Crippen LogP contribution in [0.4, 0.5) is 0 Å². The second-order valence-corrected chi connectivity index (χ2v) is 4.33. The van der Waals surface area contributed by atoms with Gasteiger partial charge >= 0.3 is 0 Å². The Morgan fingerprint density at radius 2 is 1.72 bits per heavy atom. The number of nitrogens with zero attached hydrogens (tertiary/aromatic N) is 3. The normalized spacial score (nSPS) is 16.3. The average molecular weight is 247 g/mol. The number of hydrogen-bond donors (Lipinski definition) is 0. The van der Waals surface area contributed by atoms with Crippen molar-refractivity contribution in [3.63, 3.8) is 0 Å². The lowest BCUT2D eigenvalue weighted by Crippen LogP contribution is -2.53. The lowest BCUT2D eigenvalue weighted by atomic mass is 10.2. The molecule has 0 spiro atoms. The molecule has 1 fully saturated rings. The monoisotopic (exact) mass is 247 g/mol. The molecule has 2 heterocycles. The van der Waals surface area contributed by atoms with Crippen LogP contribution in [0.15, 0.2) is 24.5 Å². The molecular formula is C13H17N3O2. The summed E-state index contributed by atoms with van der Waals surface area (Å²) in [5, 5.41) is 0. The number of carbonyl (C=O) groups excluding carboxylic acids is 2. The van der Waals surface area contributed by atoms with Crippen LogP contribution in [-0.4, -0.2) is 52.8 Å². The Morgan fingerprint density at radius 3 is 2.39 bits per heavy atom. The zero-order valence-corrected chi connectivity index (χ0v) is 10.5. The van der Waals surface area contributed by atoms with Gasteiger partial charge in [-0.25, -0.2) is 0 Å². The van der Waals surface area contributed by atoms with Gasteiger partial charge in [-0.1, -0.05) is 0 Å². The zero-order chi connectivity index (χ0) is 13.0. The van der Waals surface area contributed by atoms with Gasteiger partial charge in [-0.15, -0.1) is 0 Å². The number of aromatic nitrogens is 1. The number of carbonyl (C=O) groups is 2. The first-order valence-corrected chi connectivity index (χ1v) is 6.15. The van der Waals surface area contributed by atoms with E-state index in [1.807, 2.05) is 19.1 Å². The Hall–Kier alpha value is -1.91. The predicted molar refractivity (Wildman–Crippen MR) is 66.8 cm³/mol. The van der Waals surface area contributed by atoms with E-state index >= 15 is 0 Å². The number of amides is 2. The quantitative estimate of drug-likeness (QED) is 0.769. The summed E-state index contributed by atoms with van der Waals surface area (Å²) in [6.45, 7) is 3.50. The molecule has 0 bridgehead atoms. The highest BCUT2D eigenvalue weighted by Gasteiger charge is 2.28. The second-order valence-electron chi connectivity index (χ2n) is 4.33. The summed E-state index contributed by atoms with van der Waals surface area (Å²) in [6.07, 6.45) is 4.22. The first kappa shape index (κ1) is 12.5. The van der Waals surface area contributed by atoms with Gasteiger partial charge in [0.15, 0.2) is 0 Å². The summed E-state index contributed by atoms with van der Waals surface area (Å²) in [7, 11) is 0. The molecule has 1 saturated heterocycles. The minimum atomic E-state index is 0.0329. The van der Waals surface area contributed by atoms with E-state index in [0.717, 1.165) is 12.0 Å². The predicted octanol–water partition coefficient (Wildman–Crippen LogP) is 0.315. The number of piperazine rings is 1. The van der Waals surface area contributed by atoms with Crippen LogP contribution in [0.2, 0.25) is 0 Å². The molecule has 0 aromatic carbocycles. The van der Waals surface area contributed by atoms with Crippen molar-refractivity contribution in [2.45, 2.75) is 13.3 Å². The van der Waals surface area contributed by atoms with E-state index in [9.17, 15) is 9.59 Å². The fourth-order valence-corrected chi connectivity index (χ4v) is 2.01. The van der Waals surface area contributed by atoms with Crippen LogP contribution in [0, 0.1) is 0 Å². The van der Waals surface area contributed by atoms with Gasteiger partial charge in [-0.3, -0.25) is 14.6 Å². The molecule has 5 heteroatoms. The zero-order valence-electron chi connectivity index (χ0n) is 10.5. The maximum Gasteiger partial charge on any atom is 0.242 e. The molecule has 0 atom stereocenters. The molecule has 0 saturated carbocycles. The van der Waals surface area contributed by atoms with Crippen LogP contribution >= 0.6 is 0 Å². The first-order chi connectivity index (χ1) is 8.70. The number of likely N-dealkylation sites (N-methyl/N-ethyl adjacent to an activating group) is 1. The molecule has 0 unspecified atom stereocenters. The van der Waals surface area contributed by atoms with Crippen LogP contribution < -0.4 is 0 Å². The van der Waals surface area contributed by atoms with Crippen LogP contribution in [-0.2, 0) is 16.0 Å². The van der Waals surface area contributed by atoms with Gasteiger partial charge in [0.2, 0.25) is 11.8 Å². The maximum absolute atomic E-state index is 11.9. The molecule has 96 valence electrons. The van der Waals surface area contributed by atoms with Crippen LogP contribution in [0.25, 0.3) is 0 Å². The highest BCUT2D eigenvalue weighted by molar-refractivity contribution is 5.92. The topological polar surface area (TPSA) is 53.5 Å². The van der Waals surface area contributed by atoms with E-state index in [1.165, 1.54) is 0 Å². The van der Waals surface area contributed by atoms with Crippen molar-refractivity contribution in [3.8, 4) is 0 Å². The van der Waals surface area contributed by atoms with Crippen molar-refractivity contribution in [3.05, 3.63) is 30.1 Å². The average Bonchev–Trinajstić information content (AvgIpc) is 2.40. The largest absolute Gasteiger partial charge is 0.332 e. The van der Waals surface area contributed by atoms with E-state index in [-0.39, 0.29) is 24.9 Å². The van der Waals surface area contributed by atoms with Crippen molar-refractivity contribution < 1.29 is 9.59 Å². The third kappa shape index (κ3) is 2.85. The highest BCUT2D eigenvalue weighted by atomic mass is 16.2. The van der Waals surface area contributed by atoms with Gasteiger partial charge < -0.3 is 9.80 Å². The molecule has 2 rings (SSSR count). The van der Waals surface area contributed by atoms with Crippen LogP contribution in [0.1, 0.15) is 12.5 Å². The fourth-order valence-electron chi connectivity index (χ4n) is 2.01. The Kier molecular flexibility index (Phi) is 3.92. The number of pyridine rings is 1. The minimum absolute atomic E-state index is 0.0329. The Bertz CT molecular complexity index is 433. The third-order valence-electron chi connectivity index (χ3n) is 3.16. The van der Waals surface area contributed by atoms with Gasteiger partial charge in [0.25, 0.3) is 0 Å². The summed E-state index contributed by atoms with van der Waals surface area (Å²) in [6, 6.07) is 3.85. The Labute approximate surface area is 106 Å². The summed E-state index contributed by atoms with van der Waals surface area (Å²) in [5.74, 6) is 0.0670. The molecule has 18 heavy (non-hydrogen) atoms. The standard InChI is InChI=1S/C13H17N3O2/c1-2-15-9-13(18)16(10-12(15)17)8-5-11-3-6-14-7-4-11/h3-4,6-7H,2,5,8-10H2,1H3. The van der Waals surface area contributed by atoms with Gasteiger partial charge in [0.05, 0.1) is 13.1 Å². The molecule has 2 amide bonds. The fraction of sp³-hybridized carbons (Fsp3) is 0.462. The lowest BCUT2D eigenvalue weighted by Gasteiger charge is -2.33. The molecule has 0 radical (unpaired) electrons. The van der Waals surface area contributed by atoms with Crippen LogP contribution in [0.5, 0.6) is 0 Å². The second kappa shape index (κ2) is 5.62. The molecule has 0 N–H and O–H groups in total. The molecule has 1 aliphatic heterocycles. The third-order valence-corrected chi connectivity index (χ3v) is 3.16. The van der Waals surface area contributed by atoms with Gasteiger partial charge in [0, 0.05) is 25.5 Å². The Morgan fingerprint density at radius 1 is 1.11 bits per heavy atom. The minimum Gasteiger partial charge on any atom is -0.332 e. The first-order valence-electron chi connectivity index (χ1n) is 6.15. The maximum atomic E-state index is 11.9. The SMILES string of the molecule is CCN1CC(=O)N(CCc2ccncc2)CC1=O. The van der Waals surface area contributed by atoms with Crippen molar-refractivity contribution in [2.24, 2.45) is 0 Å². The van der Waals surface area contributed by atoms with Crippen molar-refractivity contribution >= 4 is 11.8 Å². The molecule has 1 aliphatic rings. The highest BCUT2D eigenvalue weighted by Crippen LogP contribution is 2.06. The molecular weight excluding hydrogens is 230 g/mol. The number of hydrogen-bond acceptors (Lipinski definition) is 3. The van der Waals surface area contributed by atoms with Gasteiger partial charge in [-0.05, 0) is 31.0 Å². The summed E-state index contributed by atoms with van der Waals surface area (Å²) in [5.41, 5.74) is 1.13. The van der Waals surface area contributed by atoms with E-state index in [1.54, 1.807) is 22.2 Å². The van der Waals surface area contributed by atoms with Gasteiger partial charge in [-0.2, -0.15) is 0 Å². The molecule has 1 aromatic heterocycles. The smallest absolute Gasteiger partial charge is 0.242 e. The van der Waals surface area contributed by atoms with E-state index in [2.05, 4.69) is 4.98 Å².